The molecular formula is C17H20F2N4O4. The number of hydrogen-bond acceptors (Lipinski definition) is 6. The number of aromatic nitrogens is 3. The lowest BCUT2D eigenvalue weighted by atomic mass is 10.2. The molecule has 1 unspecified atom stereocenters. The van der Waals surface area contributed by atoms with Crippen molar-refractivity contribution in [2.75, 3.05) is 13.1 Å². The van der Waals surface area contributed by atoms with Crippen LogP contribution in [0.4, 0.5) is 13.6 Å². The predicted molar refractivity (Wildman–Crippen MR) is 90.4 cm³/mol. The number of alkyl halides is 2. The number of ether oxygens (including phenoxy) is 1. The maximum atomic E-state index is 12.5. The smallest absolute Gasteiger partial charge is 0.410 e. The molecule has 1 atom stereocenters. The molecule has 3 rings (SSSR count). The molecule has 27 heavy (non-hydrogen) atoms. The van der Waals surface area contributed by atoms with Crippen LogP contribution in [0.15, 0.2) is 27.5 Å². The molecular weight excluding hydrogens is 362 g/mol. The Morgan fingerprint density at radius 2 is 2.11 bits per heavy atom. The fourth-order valence-corrected chi connectivity index (χ4v) is 2.83. The third-order valence-electron chi connectivity index (χ3n) is 4.03. The molecule has 1 saturated heterocycles. The van der Waals surface area contributed by atoms with Gasteiger partial charge in [-0.2, -0.15) is 8.78 Å². The van der Waals surface area contributed by atoms with Crippen molar-refractivity contribution in [3.05, 3.63) is 34.6 Å². The first-order valence-corrected chi connectivity index (χ1v) is 8.46. The Kier molecular flexibility index (Phi) is 4.99. The van der Waals surface area contributed by atoms with Crippen molar-refractivity contribution in [2.45, 2.75) is 45.3 Å². The van der Waals surface area contributed by atoms with E-state index >= 15 is 0 Å². The van der Waals surface area contributed by atoms with Gasteiger partial charge in [-0.05, 0) is 33.3 Å². The average molecular weight is 382 g/mol. The first-order chi connectivity index (χ1) is 12.6. The average Bonchev–Trinajstić information content (AvgIpc) is 3.23. The van der Waals surface area contributed by atoms with Gasteiger partial charge in [0.2, 0.25) is 5.89 Å². The molecule has 0 aromatic carbocycles. The fourth-order valence-electron chi connectivity index (χ4n) is 2.83. The van der Waals surface area contributed by atoms with E-state index in [-0.39, 0.29) is 23.1 Å². The lowest BCUT2D eigenvalue weighted by Gasteiger charge is -2.24. The molecule has 0 bridgehead atoms. The van der Waals surface area contributed by atoms with Crippen LogP contribution < -0.4 is 5.56 Å². The quantitative estimate of drug-likeness (QED) is 0.811. The van der Waals surface area contributed by atoms with Crippen molar-refractivity contribution >= 4 is 6.09 Å². The zero-order chi connectivity index (χ0) is 19.8. The van der Waals surface area contributed by atoms with Gasteiger partial charge in [-0.1, -0.05) is 0 Å². The zero-order valence-electron chi connectivity index (χ0n) is 15.2. The molecule has 0 spiro atoms. The highest BCUT2D eigenvalue weighted by atomic mass is 19.3. The van der Waals surface area contributed by atoms with Crippen LogP contribution in [0.2, 0.25) is 0 Å². The third-order valence-corrected chi connectivity index (χ3v) is 4.03. The maximum Gasteiger partial charge on any atom is 0.410 e. The van der Waals surface area contributed by atoms with Crippen LogP contribution in [-0.4, -0.2) is 44.4 Å². The summed E-state index contributed by atoms with van der Waals surface area (Å²) in [6, 6.07) is 2.59. The van der Waals surface area contributed by atoms with Gasteiger partial charge in [0.1, 0.15) is 5.60 Å². The summed E-state index contributed by atoms with van der Waals surface area (Å²) in [6.45, 7) is 6.20. The number of rotatable bonds is 3. The number of carbonyl (C=O) groups is 1. The van der Waals surface area contributed by atoms with Crippen molar-refractivity contribution in [1.29, 1.82) is 0 Å². The predicted octanol–water partition coefficient (Wildman–Crippen LogP) is 3.02. The Morgan fingerprint density at radius 3 is 2.70 bits per heavy atom. The van der Waals surface area contributed by atoms with Crippen molar-refractivity contribution < 1.29 is 22.7 Å². The van der Waals surface area contributed by atoms with E-state index in [9.17, 15) is 18.4 Å². The van der Waals surface area contributed by atoms with Gasteiger partial charge >= 0.3 is 12.5 Å². The molecule has 1 amide bonds. The molecule has 0 saturated carbocycles. The summed E-state index contributed by atoms with van der Waals surface area (Å²) in [7, 11) is 0. The van der Waals surface area contributed by atoms with Crippen LogP contribution in [0.1, 0.15) is 45.6 Å². The summed E-state index contributed by atoms with van der Waals surface area (Å²) >= 11 is 0. The lowest BCUT2D eigenvalue weighted by Crippen LogP contribution is -2.36. The highest BCUT2D eigenvalue weighted by Gasteiger charge is 2.31. The Morgan fingerprint density at radius 1 is 1.37 bits per heavy atom. The summed E-state index contributed by atoms with van der Waals surface area (Å²) in [4.78, 5) is 26.1. The number of carbonyl (C=O) groups excluding carboxylic acids is 1. The van der Waals surface area contributed by atoms with E-state index in [4.69, 9.17) is 9.15 Å². The SMILES string of the molecule is CC(C)(C)OC(=O)N1CCC(n2ccc(-c3nnc(C(F)F)o3)cc2=O)C1. The van der Waals surface area contributed by atoms with Gasteiger partial charge in [0.25, 0.3) is 11.4 Å². The summed E-state index contributed by atoms with van der Waals surface area (Å²) in [5, 5.41) is 6.78. The number of nitrogens with zero attached hydrogens (tertiary/aromatic N) is 4. The molecule has 146 valence electrons. The van der Waals surface area contributed by atoms with Crippen LogP contribution in [0.5, 0.6) is 0 Å². The van der Waals surface area contributed by atoms with Crippen molar-refractivity contribution in [3.8, 4) is 11.5 Å². The monoisotopic (exact) mass is 382 g/mol. The normalized spacial score (nSPS) is 17.6. The van der Waals surface area contributed by atoms with Gasteiger partial charge in [0.05, 0.1) is 6.04 Å². The van der Waals surface area contributed by atoms with Crippen molar-refractivity contribution in [1.82, 2.24) is 19.7 Å². The Bertz CT molecular complexity index is 888. The van der Waals surface area contributed by atoms with E-state index < -0.39 is 24.0 Å². The fraction of sp³-hybridized carbons (Fsp3) is 0.529. The molecule has 1 aliphatic rings. The standard InChI is InChI=1S/C17H20F2N4O4/c1-17(2,3)27-16(25)22-6-5-11(9-22)23-7-4-10(8-12(23)24)14-20-21-15(26-14)13(18)19/h4,7-8,11,13H,5-6,9H2,1-3H3. The van der Waals surface area contributed by atoms with Crippen LogP contribution in [0, 0.1) is 0 Å². The first-order valence-electron chi connectivity index (χ1n) is 8.46. The largest absolute Gasteiger partial charge is 0.444 e. The van der Waals surface area contributed by atoms with Crippen LogP contribution in [0.25, 0.3) is 11.5 Å². The first kappa shape index (κ1) is 19.0. The number of halogens is 2. The minimum absolute atomic E-state index is 0.142. The van der Waals surface area contributed by atoms with Gasteiger partial charge in [0.15, 0.2) is 0 Å². The number of likely N-dealkylation sites (tertiary alicyclic amines) is 1. The second-order valence-corrected chi connectivity index (χ2v) is 7.28. The molecule has 3 heterocycles. The van der Waals surface area contributed by atoms with Crippen molar-refractivity contribution in [2.24, 2.45) is 0 Å². The summed E-state index contributed by atoms with van der Waals surface area (Å²) < 4.78 is 36.8. The highest BCUT2D eigenvalue weighted by molar-refractivity contribution is 5.68. The Hall–Kier alpha value is -2.78. The van der Waals surface area contributed by atoms with Gasteiger partial charge in [0, 0.05) is 30.9 Å². The van der Waals surface area contributed by atoms with E-state index in [1.54, 1.807) is 31.7 Å². The topological polar surface area (TPSA) is 90.5 Å². The van der Waals surface area contributed by atoms with E-state index in [1.165, 1.54) is 16.8 Å². The van der Waals surface area contributed by atoms with E-state index in [0.29, 0.717) is 19.5 Å². The maximum absolute atomic E-state index is 12.5. The van der Waals surface area contributed by atoms with Crippen LogP contribution in [-0.2, 0) is 4.74 Å². The van der Waals surface area contributed by atoms with Crippen LogP contribution >= 0.6 is 0 Å². The number of hydrogen-bond donors (Lipinski definition) is 0. The number of amides is 1. The molecule has 8 nitrogen and oxygen atoms in total. The molecule has 2 aromatic heterocycles. The third kappa shape index (κ3) is 4.32. The zero-order valence-corrected chi connectivity index (χ0v) is 15.2. The molecule has 0 aliphatic carbocycles. The summed E-state index contributed by atoms with van der Waals surface area (Å²) in [5.74, 6) is -0.936. The molecule has 1 fully saturated rings. The molecule has 2 aromatic rings. The van der Waals surface area contributed by atoms with Gasteiger partial charge in [-0.25, -0.2) is 4.79 Å². The molecule has 1 aliphatic heterocycles. The minimum atomic E-state index is -2.87. The summed E-state index contributed by atoms with van der Waals surface area (Å²) in [6.07, 6.45) is -1.15. The lowest BCUT2D eigenvalue weighted by molar-refractivity contribution is 0.0289. The number of pyridine rings is 1. The second kappa shape index (κ2) is 7.09. The Balaban J connectivity index is 1.73. The van der Waals surface area contributed by atoms with E-state index in [2.05, 4.69) is 10.2 Å². The molecule has 0 radical (unpaired) electrons. The Labute approximate surface area is 153 Å². The van der Waals surface area contributed by atoms with Gasteiger partial charge < -0.3 is 18.6 Å². The summed E-state index contributed by atoms with van der Waals surface area (Å²) in [5.41, 5.74) is -0.674. The van der Waals surface area contributed by atoms with Crippen LogP contribution in [0.3, 0.4) is 0 Å². The van der Waals surface area contributed by atoms with E-state index in [1.807, 2.05) is 0 Å². The van der Waals surface area contributed by atoms with Gasteiger partial charge in [-0.3, -0.25) is 4.79 Å². The molecule has 0 N–H and O–H groups in total. The van der Waals surface area contributed by atoms with Crippen molar-refractivity contribution in [3.63, 3.8) is 0 Å². The van der Waals surface area contributed by atoms with E-state index in [0.717, 1.165) is 0 Å². The molecule has 10 heteroatoms. The minimum Gasteiger partial charge on any atom is -0.444 e. The van der Waals surface area contributed by atoms with Gasteiger partial charge in [-0.15, -0.1) is 10.2 Å². The second-order valence-electron chi connectivity index (χ2n) is 7.28. The highest BCUT2D eigenvalue weighted by Crippen LogP contribution is 2.25.